The zero-order valence-corrected chi connectivity index (χ0v) is 16.9. The van der Waals surface area contributed by atoms with Crippen molar-refractivity contribution in [3.05, 3.63) is 95.7 Å². The highest BCUT2D eigenvalue weighted by atomic mass is 32.2. The predicted molar refractivity (Wildman–Crippen MR) is 111 cm³/mol. The van der Waals surface area contributed by atoms with Crippen LogP contribution in [0.5, 0.6) is 0 Å². The summed E-state index contributed by atoms with van der Waals surface area (Å²) in [6.07, 6.45) is 5.05. The molecule has 30 heavy (non-hydrogen) atoms. The molecule has 1 aromatic heterocycles. The fourth-order valence-corrected chi connectivity index (χ4v) is 3.63. The van der Waals surface area contributed by atoms with Gasteiger partial charge in [-0.25, -0.2) is 17.5 Å². The molecule has 3 aromatic rings. The summed E-state index contributed by atoms with van der Waals surface area (Å²) in [4.78, 5) is 12.0. The third kappa shape index (κ3) is 6.40. The molecular weight excluding hydrogens is 407 g/mol. The third-order valence-corrected chi connectivity index (χ3v) is 5.68. The first-order chi connectivity index (χ1) is 14.4. The first kappa shape index (κ1) is 21.5. The van der Waals surface area contributed by atoms with Gasteiger partial charge in [0, 0.05) is 12.6 Å². The molecule has 0 aliphatic heterocycles. The molecule has 0 aliphatic rings. The van der Waals surface area contributed by atoms with Crippen LogP contribution < -0.4 is 10.0 Å². The van der Waals surface area contributed by atoms with Gasteiger partial charge in [0.1, 0.15) is 11.6 Å². The van der Waals surface area contributed by atoms with E-state index in [0.717, 1.165) is 5.56 Å². The molecule has 2 aromatic carbocycles. The topological polar surface area (TPSA) is 88.4 Å². The Morgan fingerprint density at radius 3 is 2.43 bits per heavy atom. The van der Waals surface area contributed by atoms with E-state index in [1.54, 1.807) is 42.5 Å². The van der Waals surface area contributed by atoms with E-state index >= 15 is 0 Å². The molecule has 2 N–H and O–H groups in total. The van der Waals surface area contributed by atoms with Crippen molar-refractivity contribution < 1.29 is 22.0 Å². The van der Waals surface area contributed by atoms with E-state index in [9.17, 15) is 17.6 Å². The van der Waals surface area contributed by atoms with Gasteiger partial charge in [0.2, 0.25) is 15.9 Å². The first-order valence-electron chi connectivity index (χ1n) is 9.25. The van der Waals surface area contributed by atoms with E-state index in [-0.39, 0.29) is 23.2 Å². The van der Waals surface area contributed by atoms with Gasteiger partial charge < -0.3 is 9.73 Å². The van der Waals surface area contributed by atoms with Crippen LogP contribution in [0.4, 0.5) is 4.39 Å². The summed E-state index contributed by atoms with van der Waals surface area (Å²) < 4.78 is 45.0. The van der Waals surface area contributed by atoms with Gasteiger partial charge in [-0.3, -0.25) is 4.79 Å². The first-order valence-corrected chi connectivity index (χ1v) is 10.7. The summed E-state index contributed by atoms with van der Waals surface area (Å²) in [6.45, 7) is 0.488. The van der Waals surface area contributed by atoms with Crippen LogP contribution in [0.25, 0.3) is 6.08 Å². The van der Waals surface area contributed by atoms with E-state index in [4.69, 9.17) is 4.42 Å². The number of rotatable bonds is 9. The number of hydrogen-bond acceptors (Lipinski definition) is 4. The van der Waals surface area contributed by atoms with Crippen LogP contribution in [-0.4, -0.2) is 20.9 Å². The van der Waals surface area contributed by atoms with E-state index in [0.29, 0.717) is 24.3 Å². The van der Waals surface area contributed by atoms with Gasteiger partial charge in [0.15, 0.2) is 0 Å². The highest BCUT2D eigenvalue weighted by Crippen LogP contribution is 2.12. The summed E-state index contributed by atoms with van der Waals surface area (Å²) in [5.41, 5.74) is 1.62. The minimum Gasteiger partial charge on any atom is -0.468 e. The van der Waals surface area contributed by atoms with Crippen LogP contribution in [0.15, 0.2) is 82.3 Å². The summed E-state index contributed by atoms with van der Waals surface area (Å²) in [5.74, 6) is -0.0460. The summed E-state index contributed by atoms with van der Waals surface area (Å²) >= 11 is 0. The Bertz CT molecular complexity index is 1090. The van der Waals surface area contributed by atoms with E-state index in [2.05, 4.69) is 10.0 Å². The maximum Gasteiger partial charge on any atom is 0.244 e. The number of benzene rings is 2. The number of halogens is 1. The zero-order valence-electron chi connectivity index (χ0n) is 16.0. The van der Waals surface area contributed by atoms with Crippen molar-refractivity contribution in [3.8, 4) is 0 Å². The monoisotopic (exact) mass is 428 g/mol. The molecule has 0 aliphatic carbocycles. The Labute approximate surface area is 174 Å². The second-order valence-electron chi connectivity index (χ2n) is 6.47. The number of carbonyl (C=O) groups excluding carboxylic acids is 1. The largest absolute Gasteiger partial charge is 0.468 e. The second kappa shape index (κ2) is 10.00. The third-order valence-electron chi connectivity index (χ3n) is 4.26. The number of carbonyl (C=O) groups is 1. The van der Waals surface area contributed by atoms with Gasteiger partial charge in [-0.15, -0.1) is 0 Å². The molecule has 0 fully saturated rings. The molecule has 0 bridgehead atoms. The molecule has 6 nitrogen and oxygen atoms in total. The number of nitrogens with one attached hydrogen (secondary N) is 2. The Morgan fingerprint density at radius 2 is 1.77 bits per heavy atom. The molecule has 1 amide bonds. The molecule has 0 saturated heterocycles. The number of amides is 1. The standard InChI is InChI=1S/C22H21FN2O4S/c23-19-8-3-18(4-9-19)13-14-24-22(26)12-7-17-5-10-21(11-6-17)30(27,28)25-16-20-2-1-15-29-20/h1-12,15,25H,13-14,16H2,(H,24,26)/b12-7+. The van der Waals surface area contributed by atoms with Gasteiger partial charge in [-0.05, 0) is 60.0 Å². The molecule has 0 radical (unpaired) electrons. The van der Waals surface area contributed by atoms with Crippen LogP contribution >= 0.6 is 0 Å². The van der Waals surface area contributed by atoms with Crippen LogP contribution in [0, 0.1) is 5.82 Å². The van der Waals surface area contributed by atoms with Gasteiger partial charge in [0.05, 0.1) is 17.7 Å². The van der Waals surface area contributed by atoms with Crippen molar-refractivity contribution in [1.82, 2.24) is 10.0 Å². The van der Waals surface area contributed by atoms with Crippen molar-refractivity contribution in [2.45, 2.75) is 17.9 Å². The van der Waals surface area contributed by atoms with Gasteiger partial charge in [0.25, 0.3) is 0 Å². The van der Waals surface area contributed by atoms with Crippen LogP contribution in [0.1, 0.15) is 16.9 Å². The molecule has 0 spiro atoms. The van der Waals surface area contributed by atoms with E-state index in [1.165, 1.54) is 36.6 Å². The summed E-state index contributed by atoms with van der Waals surface area (Å²) in [5, 5.41) is 2.75. The van der Waals surface area contributed by atoms with Crippen molar-refractivity contribution in [1.29, 1.82) is 0 Å². The van der Waals surface area contributed by atoms with Gasteiger partial charge in [-0.2, -0.15) is 0 Å². The maximum atomic E-state index is 12.9. The second-order valence-corrected chi connectivity index (χ2v) is 8.24. The molecule has 3 rings (SSSR count). The Kier molecular flexibility index (Phi) is 7.16. The van der Waals surface area contributed by atoms with Crippen molar-refractivity contribution in [3.63, 3.8) is 0 Å². The average Bonchev–Trinajstić information content (AvgIpc) is 3.26. The van der Waals surface area contributed by atoms with Crippen molar-refractivity contribution >= 4 is 22.0 Å². The average molecular weight is 428 g/mol. The number of sulfonamides is 1. The fourth-order valence-electron chi connectivity index (χ4n) is 2.63. The molecule has 0 atom stereocenters. The Morgan fingerprint density at radius 1 is 1.03 bits per heavy atom. The van der Waals surface area contributed by atoms with E-state index < -0.39 is 10.0 Å². The smallest absolute Gasteiger partial charge is 0.244 e. The normalized spacial score (nSPS) is 11.6. The molecular formula is C22H21FN2O4S. The highest BCUT2D eigenvalue weighted by molar-refractivity contribution is 7.89. The molecule has 156 valence electrons. The Balaban J connectivity index is 1.48. The summed E-state index contributed by atoms with van der Waals surface area (Å²) in [6, 6.07) is 15.7. The lowest BCUT2D eigenvalue weighted by atomic mass is 10.1. The molecule has 8 heteroatoms. The highest BCUT2D eigenvalue weighted by Gasteiger charge is 2.13. The molecule has 0 unspecified atom stereocenters. The molecule has 1 heterocycles. The number of furan rings is 1. The van der Waals surface area contributed by atoms with Gasteiger partial charge in [-0.1, -0.05) is 24.3 Å². The SMILES string of the molecule is O=C(/C=C/c1ccc(S(=O)(=O)NCc2ccco2)cc1)NCCc1ccc(F)cc1. The predicted octanol–water partition coefficient (Wildman–Crippen LogP) is 3.27. The zero-order chi connectivity index (χ0) is 21.4. The lowest BCUT2D eigenvalue weighted by molar-refractivity contribution is -0.116. The van der Waals surface area contributed by atoms with Crippen LogP contribution in [0.3, 0.4) is 0 Å². The quantitative estimate of drug-likeness (QED) is 0.512. The van der Waals surface area contributed by atoms with Crippen LogP contribution in [0.2, 0.25) is 0 Å². The lowest BCUT2D eigenvalue weighted by Gasteiger charge is -2.06. The van der Waals surface area contributed by atoms with E-state index in [1.807, 2.05) is 0 Å². The van der Waals surface area contributed by atoms with Crippen LogP contribution in [-0.2, 0) is 27.8 Å². The molecule has 0 saturated carbocycles. The number of hydrogen-bond donors (Lipinski definition) is 2. The van der Waals surface area contributed by atoms with Crippen molar-refractivity contribution in [2.75, 3.05) is 6.54 Å². The van der Waals surface area contributed by atoms with Gasteiger partial charge >= 0.3 is 0 Å². The lowest BCUT2D eigenvalue weighted by Crippen LogP contribution is -2.23. The minimum absolute atomic E-state index is 0.0646. The summed E-state index contributed by atoms with van der Waals surface area (Å²) in [7, 11) is -3.66. The maximum absolute atomic E-state index is 12.9. The Hall–Kier alpha value is -3.23. The fraction of sp³-hybridized carbons (Fsp3) is 0.136. The van der Waals surface area contributed by atoms with Crippen molar-refractivity contribution in [2.24, 2.45) is 0 Å². The minimum atomic E-state index is -3.66.